The Balaban J connectivity index is 1.73. The highest BCUT2D eigenvalue weighted by molar-refractivity contribution is 7.09. The highest BCUT2D eigenvalue weighted by atomic mass is 32.1. The van der Waals surface area contributed by atoms with Gasteiger partial charge in [-0.05, 0) is 43.7 Å². The van der Waals surface area contributed by atoms with E-state index in [1.54, 1.807) is 11.3 Å². The van der Waals surface area contributed by atoms with Gasteiger partial charge in [-0.3, -0.25) is 4.79 Å². The Labute approximate surface area is 131 Å². The van der Waals surface area contributed by atoms with Gasteiger partial charge in [0.2, 0.25) is 5.91 Å². The molecule has 1 atom stereocenters. The van der Waals surface area contributed by atoms with Gasteiger partial charge in [-0.15, -0.1) is 11.3 Å². The van der Waals surface area contributed by atoms with Crippen LogP contribution in [0.2, 0.25) is 0 Å². The van der Waals surface area contributed by atoms with Crippen molar-refractivity contribution < 1.29 is 4.79 Å². The van der Waals surface area contributed by atoms with E-state index in [0.29, 0.717) is 30.7 Å². The van der Waals surface area contributed by atoms with E-state index in [4.69, 9.17) is 0 Å². The Hall–Kier alpha value is -0.940. The molecule has 1 aromatic rings. The fraction of sp³-hybridized carbons (Fsp3) is 0.750. The highest BCUT2D eigenvalue weighted by Crippen LogP contribution is 2.24. The molecule has 118 valence electrons. The first-order valence-electron chi connectivity index (χ1n) is 7.98. The van der Waals surface area contributed by atoms with Crippen molar-refractivity contribution in [3.63, 3.8) is 0 Å². The molecule has 2 N–H and O–H groups in total. The summed E-state index contributed by atoms with van der Waals surface area (Å²) >= 11 is 1.63. The van der Waals surface area contributed by atoms with E-state index < -0.39 is 0 Å². The quantitative estimate of drug-likeness (QED) is 0.849. The van der Waals surface area contributed by atoms with Crippen molar-refractivity contribution >= 4 is 17.2 Å². The molecule has 2 heterocycles. The minimum absolute atomic E-state index is 0.155. The van der Waals surface area contributed by atoms with E-state index in [2.05, 4.69) is 41.8 Å². The van der Waals surface area contributed by atoms with Crippen LogP contribution in [0.4, 0.5) is 0 Å². The van der Waals surface area contributed by atoms with Gasteiger partial charge < -0.3 is 10.6 Å². The van der Waals surface area contributed by atoms with Crippen LogP contribution in [0.3, 0.4) is 0 Å². The first kappa shape index (κ1) is 16.4. The van der Waals surface area contributed by atoms with Crippen molar-refractivity contribution in [1.29, 1.82) is 0 Å². The average Bonchev–Trinajstić information content (AvgIpc) is 2.95. The number of thiazole rings is 1. The van der Waals surface area contributed by atoms with Gasteiger partial charge in [-0.25, -0.2) is 4.98 Å². The zero-order valence-corrected chi connectivity index (χ0v) is 14.1. The van der Waals surface area contributed by atoms with E-state index >= 15 is 0 Å². The summed E-state index contributed by atoms with van der Waals surface area (Å²) in [5, 5.41) is 9.48. The third-order valence-corrected chi connectivity index (χ3v) is 5.16. The second-order valence-electron chi connectivity index (χ2n) is 6.37. The van der Waals surface area contributed by atoms with Crippen LogP contribution in [-0.2, 0) is 11.3 Å². The summed E-state index contributed by atoms with van der Waals surface area (Å²) in [6.45, 7) is 9.22. The number of hydrogen-bond donors (Lipinski definition) is 2. The maximum absolute atomic E-state index is 12.1. The van der Waals surface area contributed by atoms with E-state index in [1.807, 2.05) is 0 Å². The molecule has 1 amide bonds. The lowest BCUT2D eigenvalue weighted by Gasteiger charge is -2.27. The minimum atomic E-state index is 0.155. The molecular weight excluding hydrogens is 282 g/mol. The predicted molar refractivity (Wildman–Crippen MR) is 87.4 cm³/mol. The van der Waals surface area contributed by atoms with Crippen LogP contribution in [0.1, 0.15) is 56.7 Å². The molecule has 0 saturated carbocycles. The van der Waals surface area contributed by atoms with Crippen LogP contribution in [0.15, 0.2) is 5.38 Å². The number of carbonyl (C=O) groups excluding carboxylic acids is 1. The first-order chi connectivity index (χ1) is 10.1. The van der Waals surface area contributed by atoms with Gasteiger partial charge in [-0.1, -0.05) is 20.8 Å². The van der Waals surface area contributed by atoms with Gasteiger partial charge in [0, 0.05) is 11.8 Å². The van der Waals surface area contributed by atoms with Crippen molar-refractivity contribution in [2.75, 3.05) is 13.1 Å². The number of nitrogens with zero attached hydrogens (tertiary/aromatic N) is 1. The van der Waals surface area contributed by atoms with Crippen molar-refractivity contribution in [3.8, 4) is 0 Å². The number of hydrogen-bond acceptors (Lipinski definition) is 4. The third kappa shape index (κ3) is 5.08. The Morgan fingerprint density at radius 2 is 2.14 bits per heavy atom. The molecule has 0 spiro atoms. The predicted octanol–water partition coefficient (Wildman–Crippen LogP) is 2.91. The summed E-state index contributed by atoms with van der Waals surface area (Å²) in [5.41, 5.74) is 1.12. The second kappa shape index (κ2) is 7.90. The molecule has 1 fully saturated rings. The lowest BCUT2D eigenvalue weighted by Crippen LogP contribution is -2.33. The molecule has 2 rings (SSSR count). The molecule has 4 nitrogen and oxygen atoms in total. The zero-order valence-electron chi connectivity index (χ0n) is 13.3. The Bertz CT molecular complexity index is 452. The molecule has 0 bridgehead atoms. The lowest BCUT2D eigenvalue weighted by atomic mass is 9.84. The summed E-state index contributed by atoms with van der Waals surface area (Å²) in [7, 11) is 0. The van der Waals surface area contributed by atoms with Crippen LogP contribution in [-0.4, -0.2) is 24.0 Å². The fourth-order valence-electron chi connectivity index (χ4n) is 2.79. The lowest BCUT2D eigenvalue weighted by molar-refractivity contribution is -0.122. The van der Waals surface area contributed by atoms with E-state index in [-0.39, 0.29) is 5.91 Å². The maximum Gasteiger partial charge on any atom is 0.220 e. The number of aromatic nitrogens is 1. The third-order valence-electron chi connectivity index (χ3n) is 4.29. The van der Waals surface area contributed by atoms with Crippen molar-refractivity contribution in [2.45, 2.75) is 52.5 Å². The molecular formula is C16H27N3OS. The molecule has 21 heavy (non-hydrogen) atoms. The fourth-order valence-corrected chi connectivity index (χ4v) is 3.69. The Morgan fingerprint density at radius 1 is 1.43 bits per heavy atom. The molecule has 1 aliphatic rings. The van der Waals surface area contributed by atoms with E-state index in [9.17, 15) is 4.79 Å². The van der Waals surface area contributed by atoms with Gasteiger partial charge in [0.15, 0.2) is 0 Å². The number of nitrogens with one attached hydrogen (secondary N) is 2. The van der Waals surface area contributed by atoms with Gasteiger partial charge >= 0.3 is 0 Å². The SMILES string of the molecule is CC(C)c1csc(CNC(=O)CC(C)C2CCNCC2)n1. The second-order valence-corrected chi connectivity index (χ2v) is 7.31. The summed E-state index contributed by atoms with van der Waals surface area (Å²) in [5.74, 6) is 1.76. The standard InChI is InChI=1S/C16H27N3OS/c1-11(2)14-10-21-16(19-14)9-18-15(20)8-12(3)13-4-6-17-7-5-13/h10-13,17H,4-9H2,1-3H3,(H,18,20). The Morgan fingerprint density at radius 3 is 2.76 bits per heavy atom. The van der Waals surface area contributed by atoms with Gasteiger partial charge in [0.1, 0.15) is 5.01 Å². The maximum atomic E-state index is 12.1. The number of amides is 1. The van der Waals surface area contributed by atoms with Crippen molar-refractivity contribution in [1.82, 2.24) is 15.6 Å². The summed E-state index contributed by atoms with van der Waals surface area (Å²) in [4.78, 5) is 16.6. The highest BCUT2D eigenvalue weighted by Gasteiger charge is 2.21. The van der Waals surface area contributed by atoms with Crippen LogP contribution >= 0.6 is 11.3 Å². The van der Waals surface area contributed by atoms with Crippen LogP contribution in [0.5, 0.6) is 0 Å². The van der Waals surface area contributed by atoms with Crippen LogP contribution < -0.4 is 10.6 Å². The smallest absolute Gasteiger partial charge is 0.220 e. The topological polar surface area (TPSA) is 54.0 Å². The molecule has 0 radical (unpaired) electrons. The molecule has 1 unspecified atom stereocenters. The van der Waals surface area contributed by atoms with Gasteiger partial charge in [0.25, 0.3) is 0 Å². The van der Waals surface area contributed by atoms with Gasteiger partial charge in [0.05, 0.1) is 12.2 Å². The Kier molecular flexibility index (Phi) is 6.18. The summed E-state index contributed by atoms with van der Waals surface area (Å²) < 4.78 is 0. The van der Waals surface area contributed by atoms with Crippen LogP contribution in [0.25, 0.3) is 0 Å². The summed E-state index contributed by atoms with van der Waals surface area (Å²) in [6.07, 6.45) is 3.02. The molecule has 0 aromatic carbocycles. The van der Waals surface area contributed by atoms with E-state index in [0.717, 1.165) is 23.8 Å². The number of rotatable bonds is 6. The van der Waals surface area contributed by atoms with Gasteiger partial charge in [-0.2, -0.15) is 0 Å². The minimum Gasteiger partial charge on any atom is -0.350 e. The molecule has 0 aliphatic carbocycles. The monoisotopic (exact) mass is 309 g/mol. The van der Waals surface area contributed by atoms with E-state index in [1.165, 1.54) is 12.8 Å². The number of carbonyl (C=O) groups is 1. The molecule has 5 heteroatoms. The average molecular weight is 309 g/mol. The van der Waals surface area contributed by atoms with Crippen molar-refractivity contribution in [2.24, 2.45) is 11.8 Å². The molecule has 1 aliphatic heterocycles. The zero-order chi connectivity index (χ0) is 15.2. The number of piperidine rings is 1. The summed E-state index contributed by atoms with van der Waals surface area (Å²) in [6, 6.07) is 0. The molecule has 1 aromatic heterocycles. The molecule has 1 saturated heterocycles. The first-order valence-corrected chi connectivity index (χ1v) is 8.86. The normalized spacial score (nSPS) is 17.9. The van der Waals surface area contributed by atoms with Crippen LogP contribution in [0, 0.1) is 11.8 Å². The largest absolute Gasteiger partial charge is 0.350 e. The van der Waals surface area contributed by atoms with Crippen molar-refractivity contribution in [3.05, 3.63) is 16.1 Å².